The third kappa shape index (κ3) is 5.62. The average molecular weight is 559 g/mol. The number of fused-ring (bicyclic) bond motifs is 1. The van der Waals surface area contributed by atoms with Crippen LogP contribution in [0.25, 0.3) is 0 Å². The Labute approximate surface area is 209 Å². The molecular weight excluding hydrogens is 537 g/mol. The Morgan fingerprint density at radius 1 is 1.29 bits per heavy atom. The minimum absolute atomic E-state index is 0.0175. The Kier molecular flexibility index (Phi) is 8.09. The highest BCUT2D eigenvalue weighted by atomic mass is 33.1. The molecule has 2 aliphatic heterocycles. The van der Waals surface area contributed by atoms with Crippen LogP contribution in [0.5, 0.6) is 0 Å². The van der Waals surface area contributed by atoms with Gasteiger partial charge in [0.15, 0.2) is 6.04 Å². The van der Waals surface area contributed by atoms with Crippen LogP contribution in [-0.2, 0) is 26.2 Å². The van der Waals surface area contributed by atoms with E-state index in [4.69, 9.17) is 4.74 Å². The molecule has 3 heterocycles. The number of hydrogen-bond donors (Lipinski definition) is 0. The Bertz CT molecular complexity index is 1010. The van der Waals surface area contributed by atoms with Crippen LogP contribution < -0.4 is 0 Å². The summed E-state index contributed by atoms with van der Waals surface area (Å²) >= 11 is 2.42. The molecule has 0 radical (unpaired) electrons. The molecule has 1 fully saturated rings. The van der Waals surface area contributed by atoms with Gasteiger partial charge in [-0.2, -0.15) is 13.2 Å². The van der Waals surface area contributed by atoms with Crippen molar-refractivity contribution in [2.75, 3.05) is 17.8 Å². The summed E-state index contributed by atoms with van der Waals surface area (Å²) in [6.07, 6.45) is -3.64. The second-order valence-corrected chi connectivity index (χ2v) is 12.4. The molecule has 0 aliphatic carbocycles. The summed E-state index contributed by atoms with van der Waals surface area (Å²) in [5.74, 6) is -3.16. The predicted octanol–water partition coefficient (Wildman–Crippen LogP) is 2.50. The number of aryl methyl sites for hydroxylation is 1. The van der Waals surface area contributed by atoms with Crippen LogP contribution in [-0.4, -0.2) is 88.2 Å². The van der Waals surface area contributed by atoms with Gasteiger partial charge in [0.05, 0.1) is 0 Å². The number of rotatable bonds is 7. The number of halogens is 3. The lowest BCUT2D eigenvalue weighted by Gasteiger charge is -2.52. The van der Waals surface area contributed by atoms with Gasteiger partial charge in [-0.05, 0) is 43.0 Å². The van der Waals surface area contributed by atoms with Crippen LogP contribution in [0, 0.1) is 0 Å². The largest absolute Gasteiger partial charge is 0.472 e. The topological polar surface area (TPSA) is 111 Å². The zero-order chi connectivity index (χ0) is 25.4. The van der Waals surface area contributed by atoms with E-state index in [9.17, 15) is 27.6 Å². The smallest absolute Gasteiger partial charge is 0.455 e. The predicted molar refractivity (Wildman–Crippen MR) is 123 cm³/mol. The third-order valence-corrected chi connectivity index (χ3v) is 8.47. The molecule has 0 N–H and O–H groups in total. The molecule has 3 rings (SSSR count). The molecule has 2 aliphatic rings. The van der Waals surface area contributed by atoms with Crippen LogP contribution in [0.15, 0.2) is 16.4 Å². The average Bonchev–Trinajstić information content (AvgIpc) is 3.13. The SMILES string of the molecule is CSSN(C(=O)C(F)(F)F)C1C(=O)N2C(C(=O)OC(C)(C)C)=C(CSc3nnnn3C)CS[C@H]12. The molecule has 2 atom stereocenters. The Hall–Kier alpha value is -1.59. The normalized spacial score (nSPS) is 20.7. The van der Waals surface area contributed by atoms with E-state index in [1.807, 2.05) is 0 Å². The van der Waals surface area contributed by atoms with Gasteiger partial charge in [-0.15, -0.1) is 16.9 Å². The molecule has 188 valence electrons. The number of β-lactam (4-membered cyclic amide) rings is 1. The fourth-order valence-corrected chi connectivity index (χ4v) is 7.13. The number of carbonyl (C=O) groups is 3. The number of aromatic nitrogens is 4. The minimum Gasteiger partial charge on any atom is -0.455 e. The summed E-state index contributed by atoms with van der Waals surface area (Å²) in [5.41, 5.74) is -0.325. The van der Waals surface area contributed by atoms with Crippen LogP contribution in [0.4, 0.5) is 13.2 Å². The summed E-state index contributed by atoms with van der Waals surface area (Å²) < 4.78 is 46.9. The van der Waals surface area contributed by atoms with Crippen LogP contribution in [0.1, 0.15) is 20.8 Å². The molecule has 1 aromatic rings. The zero-order valence-corrected chi connectivity index (χ0v) is 21.9. The van der Waals surface area contributed by atoms with Crippen molar-refractivity contribution < 1.29 is 32.3 Å². The maximum absolute atomic E-state index is 13.2. The lowest BCUT2D eigenvalue weighted by molar-refractivity contribution is -0.185. The fourth-order valence-electron chi connectivity index (χ4n) is 3.08. The lowest BCUT2D eigenvalue weighted by Crippen LogP contribution is -2.71. The van der Waals surface area contributed by atoms with E-state index in [0.29, 0.717) is 26.0 Å². The van der Waals surface area contributed by atoms with Crippen molar-refractivity contribution in [2.24, 2.45) is 7.05 Å². The van der Waals surface area contributed by atoms with Gasteiger partial charge >= 0.3 is 18.1 Å². The molecule has 2 amide bonds. The first-order chi connectivity index (χ1) is 15.8. The van der Waals surface area contributed by atoms with Crippen LogP contribution in [0.2, 0.25) is 0 Å². The number of nitrogens with zero attached hydrogens (tertiary/aromatic N) is 6. The Morgan fingerprint density at radius 2 is 1.97 bits per heavy atom. The summed E-state index contributed by atoms with van der Waals surface area (Å²) in [4.78, 5) is 39.3. The van der Waals surface area contributed by atoms with Gasteiger partial charge in [0.1, 0.15) is 16.7 Å². The summed E-state index contributed by atoms with van der Waals surface area (Å²) in [5, 5.41) is 10.8. The molecule has 10 nitrogen and oxygen atoms in total. The van der Waals surface area contributed by atoms with E-state index in [1.54, 1.807) is 27.8 Å². The quantitative estimate of drug-likeness (QED) is 0.162. The van der Waals surface area contributed by atoms with Gasteiger partial charge in [0, 0.05) is 29.5 Å². The Balaban J connectivity index is 1.92. The number of carbonyl (C=O) groups excluding carboxylic acids is 3. The van der Waals surface area contributed by atoms with Crippen molar-refractivity contribution in [1.82, 2.24) is 29.4 Å². The van der Waals surface area contributed by atoms with Gasteiger partial charge in [-0.25, -0.2) is 9.48 Å². The molecule has 0 saturated carbocycles. The third-order valence-electron chi connectivity index (χ3n) is 4.42. The van der Waals surface area contributed by atoms with E-state index in [1.165, 1.54) is 34.5 Å². The standard InChI is InChI=1S/C17H21F3N6O4S4/c1-16(2,3)30-13(28)9-8(7-33-15-21-22-23-24(15)4)6-32-12-10(11(27)25(9)12)26(34-31-5)14(29)17(18,19)20/h10,12H,6-7H2,1-5H3/t10?,12-/m1/s1. The van der Waals surface area contributed by atoms with Crippen LogP contribution in [0.3, 0.4) is 0 Å². The summed E-state index contributed by atoms with van der Waals surface area (Å²) in [6, 6.07) is -1.37. The maximum Gasteiger partial charge on any atom is 0.472 e. The highest BCUT2D eigenvalue weighted by molar-refractivity contribution is 8.75. The number of esters is 1. The molecular formula is C17H21F3N6O4S4. The first-order valence-corrected chi connectivity index (χ1v) is 14.2. The van der Waals surface area contributed by atoms with E-state index < -0.39 is 41.0 Å². The van der Waals surface area contributed by atoms with Crippen molar-refractivity contribution in [3.05, 3.63) is 11.3 Å². The summed E-state index contributed by atoms with van der Waals surface area (Å²) in [7, 11) is 3.10. The van der Waals surface area contributed by atoms with E-state index in [0.717, 1.165) is 15.7 Å². The molecule has 0 aromatic carbocycles. The molecule has 34 heavy (non-hydrogen) atoms. The number of amides is 2. The van der Waals surface area contributed by atoms with Gasteiger partial charge < -0.3 is 4.74 Å². The number of thioether (sulfide) groups is 2. The minimum atomic E-state index is -5.14. The van der Waals surface area contributed by atoms with Crippen molar-refractivity contribution in [3.63, 3.8) is 0 Å². The van der Waals surface area contributed by atoms with Crippen LogP contribution >= 0.6 is 45.3 Å². The second-order valence-electron chi connectivity index (χ2n) is 8.05. The number of alkyl halides is 3. The fraction of sp³-hybridized carbons (Fsp3) is 0.647. The van der Waals surface area contributed by atoms with Gasteiger partial charge in [-0.3, -0.25) is 18.8 Å². The second kappa shape index (κ2) is 10.2. The first kappa shape index (κ1) is 27.0. The molecule has 0 bridgehead atoms. The molecule has 1 aromatic heterocycles. The highest BCUT2D eigenvalue weighted by Crippen LogP contribution is 2.47. The molecule has 1 saturated heterocycles. The van der Waals surface area contributed by atoms with Crippen molar-refractivity contribution in [2.45, 2.75) is 49.1 Å². The first-order valence-electron chi connectivity index (χ1n) is 9.62. The van der Waals surface area contributed by atoms with Gasteiger partial charge in [0.25, 0.3) is 5.91 Å². The van der Waals surface area contributed by atoms with E-state index in [2.05, 4.69) is 15.5 Å². The van der Waals surface area contributed by atoms with Crippen molar-refractivity contribution >= 4 is 63.1 Å². The Morgan fingerprint density at radius 3 is 2.50 bits per heavy atom. The lowest BCUT2D eigenvalue weighted by atomic mass is 10.0. The zero-order valence-electron chi connectivity index (χ0n) is 18.7. The monoisotopic (exact) mass is 558 g/mol. The summed E-state index contributed by atoms with van der Waals surface area (Å²) in [6.45, 7) is 5.00. The molecule has 17 heteroatoms. The number of hydrogen-bond acceptors (Lipinski definition) is 11. The highest BCUT2D eigenvalue weighted by Gasteiger charge is 2.60. The van der Waals surface area contributed by atoms with E-state index >= 15 is 0 Å². The van der Waals surface area contributed by atoms with Crippen molar-refractivity contribution in [3.8, 4) is 0 Å². The van der Waals surface area contributed by atoms with Crippen molar-refractivity contribution in [1.29, 1.82) is 0 Å². The maximum atomic E-state index is 13.2. The number of tetrazole rings is 1. The van der Waals surface area contributed by atoms with E-state index in [-0.39, 0.29) is 17.2 Å². The van der Waals surface area contributed by atoms with Gasteiger partial charge in [-0.1, -0.05) is 22.6 Å². The van der Waals surface area contributed by atoms with Gasteiger partial charge in [0.2, 0.25) is 5.16 Å². The number of ether oxygens (including phenoxy) is 1. The molecule has 0 spiro atoms. The molecule has 1 unspecified atom stereocenters.